The average Bonchev–Trinajstić information content (AvgIpc) is 2.84. The second-order valence-corrected chi connectivity index (χ2v) is 5.59. The Bertz CT molecular complexity index is 997. The van der Waals surface area contributed by atoms with Crippen LogP contribution in [0.2, 0.25) is 0 Å². The normalized spacial score (nSPS) is 11.7. The average molecular weight is 305 g/mol. The van der Waals surface area contributed by atoms with Gasteiger partial charge < -0.3 is 5.32 Å². The second kappa shape index (κ2) is 6.01. The Morgan fingerprint density at radius 2 is 1.87 bits per heavy atom. The van der Waals surface area contributed by atoms with Crippen molar-refractivity contribution in [2.24, 2.45) is 0 Å². The topological polar surface area (TPSA) is 49.8 Å². The molecule has 0 unspecified atom stereocenters. The Labute approximate surface area is 134 Å². The summed E-state index contributed by atoms with van der Waals surface area (Å²) in [6.45, 7) is 8.00. The molecule has 0 bridgehead atoms. The summed E-state index contributed by atoms with van der Waals surface area (Å²) >= 11 is 0. The van der Waals surface area contributed by atoms with E-state index in [1.54, 1.807) is 6.20 Å². The van der Waals surface area contributed by atoms with Gasteiger partial charge in [0.05, 0.1) is 16.3 Å². The molecular formula is C19H19N3O. The number of aromatic amines is 1. The molecule has 0 aliphatic rings. The van der Waals surface area contributed by atoms with Crippen LogP contribution in [0.1, 0.15) is 11.1 Å². The zero-order chi connectivity index (χ0) is 16.4. The van der Waals surface area contributed by atoms with Gasteiger partial charge in [-0.25, -0.2) is 4.68 Å². The molecule has 4 heteroatoms. The highest BCUT2D eigenvalue weighted by molar-refractivity contribution is 5.60. The lowest BCUT2D eigenvalue weighted by Crippen LogP contribution is -2.34. The molecule has 3 rings (SSSR count). The fourth-order valence-electron chi connectivity index (χ4n) is 2.44. The molecule has 0 aliphatic heterocycles. The minimum Gasteiger partial charge on any atom is -0.361 e. The zero-order valence-electron chi connectivity index (χ0n) is 13.3. The summed E-state index contributed by atoms with van der Waals surface area (Å²) in [6, 6.07) is 15.6. The van der Waals surface area contributed by atoms with Gasteiger partial charge in [0.2, 0.25) is 0 Å². The number of benzene rings is 2. The van der Waals surface area contributed by atoms with E-state index in [0.717, 1.165) is 22.5 Å². The fourth-order valence-corrected chi connectivity index (χ4v) is 2.44. The summed E-state index contributed by atoms with van der Waals surface area (Å²) < 4.78 is 1.50. The molecule has 0 amide bonds. The van der Waals surface area contributed by atoms with Crippen molar-refractivity contribution in [3.05, 3.63) is 80.6 Å². The molecule has 0 fully saturated rings. The third kappa shape index (κ3) is 2.97. The van der Waals surface area contributed by atoms with Gasteiger partial charge in [-0.1, -0.05) is 36.9 Å². The summed E-state index contributed by atoms with van der Waals surface area (Å²) in [7, 11) is 0. The van der Waals surface area contributed by atoms with Crippen molar-refractivity contribution >= 4 is 18.5 Å². The highest BCUT2D eigenvalue weighted by Gasteiger charge is 2.04. The monoisotopic (exact) mass is 305 g/mol. The Balaban J connectivity index is 2.04. The Kier molecular flexibility index (Phi) is 3.89. The SMILES string of the molecule is C=c1[nH]n(-c2ccccc2)c(=O)/c1=C\Nc1cc(C)ccc1C. The van der Waals surface area contributed by atoms with Crippen LogP contribution in [0.3, 0.4) is 0 Å². The molecule has 0 saturated carbocycles. The number of hydrogen-bond donors (Lipinski definition) is 2. The van der Waals surface area contributed by atoms with Crippen LogP contribution < -0.4 is 21.4 Å². The number of nitrogens with zero attached hydrogens (tertiary/aromatic N) is 1. The maximum absolute atomic E-state index is 12.6. The molecule has 2 N–H and O–H groups in total. The zero-order valence-corrected chi connectivity index (χ0v) is 13.3. The molecule has 0 aliphatic carbocycles. The molecule has 23 heavy (non-hydrogen) atoms. The maximum atomic E-state index is 12.6. The molecule has 1 heterocycles. The smallest absolute Gasteiger partial charge is 0.280 e. The molecule has 1 aromatic heterocycles. The van der Waals surface area contributed by atoms with E-state index in [9.17, 15) is 4.79 Å². The van der Waals surface area contributed by atoms with Gasteiger partial charge >= 0.3 is 0 Å². The number of H-pyrrole nitrogens is 1. The number of aryl methyl sites for hydroxylation is 2. The van der Waals surface area contributed by atoms with E-state index >= 15 is 0 Å². The van der Waals surface area contributed by atoms with E-state index in [2.05, 4.69) is 35.2 Å². The van der Waals surface area contributed by atoms with Crippen LogP contribution in [0.25, 0.3) is 18.5 Å². The van der Waals surface area contributed by atoms with Crippen molar-refractivity contribution < 1.29 is 0 Å². The number of anilines is 1. The third-order valence-electron chi connectivity index (χ3n) is 3.78. The molecule has 3 aromatic rings. The van der Waals surface area contributed by atoms with Gasteiger partial charge in [0, 0.05) is 11.9 Å². The minimum atomic E-state index is -0.126. The fraction of sp³-hybridized carbons (Fsp3) is 0.105. The van der Waals surface area contributed by atoms with E-state index in [1.807, 2.05) is 44.2 Å². The van der Waals surface area contributed by atoms with Crippen LogP contribution in [-0.4, -0.2) is 9.78 Å². The number of rotatable bonds is 3. The van der Waals surface area contributed by atoms with Crippen molar-refractivity contribution in [1.82, 2.24) is 9.78 Å². The lowest BCUT2D eigenvalue weighted by molar-refractivity contribution is 0.838. The van der Waals surface area contributed by atoms with Crippen LogP contribution in [-0.2, 0) is 0 Å². The molecule has 0 saturated heterocycles. The molecular weight excluding hydrogens is 286 g/mol. The maximum Gasteiger partial charge on any atom is 0.280 e. The first-order chi connectivity index (χ1) is 11.1. The van der Waals surface area contributed by atoms with E-state index in [1.165, 1.54) is 4.68 Å². The predicted octanol–water partition coefficient (Wildman–Crippen LogP) is 2.04. The first-order valence-electron chi connectivity index (χ1n) is 7.45. The number of nitrogens with one attached hydrogen (secondary N) is 2. The summed E-state index contributed by atoms with van der Waals surface area (Å²) in [6.07, 6.45) is 1.71. The third-order valence-corrected chi connectivity index (χ3v) is 3.78. The van der Waals surface area contributed by atoms with Crippen molar-refractivity contribution in [3.8, 4) is 5.69 Å². The number of aromatic nitrogens is 2. The lowest BCUT2D eigenvalue weighted by Gasteiger charge is -2.05. The van der Waals surface area contributed by atoms with Crippen molar-refractivity contribution in [2.45, 2.75) is 13.8 Å². The van der Waals surface area contributed by atoms with Gasteiger partial charge in [-0.15, -0.1) is 0 Å². The molecule has 0 atom stereocenters. The van der Waals surface area contributed by atoms with E-state index in [4.69, 9.17) is 0 Å². The Morgan fingerprint density at radius 1 is 1.13 bits per heavy atom. The van der Waals surface area contributed by atoms with Crippen molar-refractivity contribution in [2.75, 3.05) is 5.32 Å². The Morgan fingerprint density at radius 3 is 2.61 bits per heavy atom. The Hall–Kier alpha value is -3.01. The molecule has 0 radical (unpaired) electrons. The molecule has 0 spiro atoms. The highest BCUT2D eigenvalue weighted by atomic mass is 16.1. The van der Waals surface area contributed by atoms with Crippen LogP contribution in [0, 0.1) is 13.8 Å². The lowest BCUT2D eigenvalue weighted by atomic mass is 10.1. The van der Waals surface area contributed by atoms with E-state index < -0.39 is 0 Å². The van der Waals surface area contributed by atoms with Crippen LogP contribution >= 0.6 is 0 Å². The van der Waals surface area contributed by atoms with Gasteiger partial charge in [0.1, 0.15) is 0 Å². The van der Waals surface area contributed by atoms with Crippen molar-refractivity contribution in [3.63, 3.8) is 0 Å². The summed E-state index contributed by atoms with van der Waals surface area (Å²) in [5, 5.41) is 7.33. The van der Waals surface area contributed by atoms with Gasteiger partial charge in [-0.05, 0) is 43.2 Å². The summed E-state index contributed by atoms with van der Waals surface area (Å²) in [4.78, 5) is 12.6. The highest BCUT2D eigenvalue weighted by Crippen LogP contribution is 2.15. The quantitative estimate of drug-likeness (QED) is 0.778. The van der Waals surface area contributed by atoms with Gasteiger partial charge in [0.15, 0.2) is 0 Å². The summed E-state index contributed by atoms with van der Waals surface area (Å²) in [5.41, 5.74) is 3.93. The predicted molar refractivity (Wildman–Crippen MR) is 95.2 cm³/mol. The molecule has 116 valence electrons. The van der Waals surface area contributed by atoms with E-state index in [0.29, 0.717) is 10.6 Å². The molecule has 4 nitrogen and oxygen atoms in total. The molecule has 2 aromatic carbocycles. The number of para-hydroxylation sites is 1. The summed E-state index contributed by atoms with van der Waals surface area (Å²) in [5.74, 6) is 0. The first-order valence-corrected chi connectivity index (χ1v) is 7.45. The number of hydrogen-bond acceptors (Lipinski definition) is 2. The van der Waals surface area contributed by atoms with Gasteiger partial charge in [-0.3, -0.25) is 9.89 Å². The largest absolute Gasteiger partial charge is 0.361 e. The van der Waals surface area contributed by atoms with Gasteiger partial charge in [0.25, 0.3) is 5.56 Å². The minimum absolute atomic E-state index is 0.126. The van der Waals surface area contributed by atoms with E-state index in [-0.39, 0.29) is 5.56 Å². The van der Waals surface area contributed by atoms with Gasteiger partial charge in [-0.2, -0.15) is 0 Å². The van der Waals surface area contributed by atoms with Crippen molar-refractivity contribution in [1.29, 1.82) is 0 Å². The second-order valence-electron chi connectivity index (χ2n) is 5.59. The first kappa shape index (κ1) is 14.9. The van der Waals surface area contributed by atoms with Crippen LogP contribution in [0.4, 0.5) is 5.69 Å². The standard InChI is InChI=1S/C19H19N3O/c1-13-9-10-14(2)18(11-13)20-12-17-15(3)21-22(19(17)23)16-7-5-4-6-8-16/h4-12,20-21H,3H2,1-2H3/b17-12-. The van der Waals surface area contributed by atoms with Crippen LogP contribution in [0.15, 0.2) is 53.3 Å². The van der Waals surface area contributed by atoms with Crippen LogP contribution in [0.5, 0.6) is 0 Å².